The van der Waals surface area contributed by atoms with Crippen molar-refractivity contribution in [1.82, 2.24) is 0 Å². The summed E-state index contributed by atoms with van der Waals surface area (Å²) in [6.45, 7) is 0. The summed E-state index contributed by atoms with van der Waals surface area (Å²) >= 11 is 17.6. The fourth-order valence-electron chi connectivity index (χ4n) is 1.44. The summed E-state index contributed by atoms with van der Waals surface area (Å²) < 4.78 is 0. The van der Waals surface area contributed by atoms with Crippen LogP contribution < -0.4 is 5.32 Å². The smallest absolute Gasteiger partial charge is 0.255 e. The van der Waals surface area contributed by atoms with Crippen molar-refractivity contribution in [2.24, 2.45) is 0 Å². The molecule has 0 aliphatic carbocycles. The summed E-state index contributed by atoms with van der Waals surface area (Å²) in [5.41, 5.74) is 0.845. The van der Waals surface area contributed by atoms with Gasteiger partial charge in [0.1, 0.15) is 5.75 Å². The Morgan fingerprint density at radius 2 is 1.53 bits per heavy atom. The highest BCUT2D eigenvalue weighted by molar-refractivity contribution is 6.48. The van der Waals surface area contributed by atoms with Crippen molar-refractivity contribution >= 4 is 46.4 Å². The molecule has 98 valence electrons. The zero-order valence-corrected chi connectivity index (χ0v) is 11.7. The lowest BCUT2D eigenvalue weighted by Gasteiger charge is -2.08. The Morgan fingerprint density at radius 1 is 1.00 bits per heavy atom. The van der Waals surface area contributed by atoms with Crippen LogP contribution in [0.15, 0.2) is 36.4 Å². The molecule has 2 rings (SSSR count). The van der Waals surface area contributed by atoms with Crippen LogP contribution in [0.5, 0.6) is 5.75 Å². The Hall–Kier alpha value is -1.42. The van der Waals surface area contributed by atoms with Gasteiger partial charge in [-0.25, -0.2) is 0 Å². The lowest BCUT2D eigenvalue weighted by atomic mass is 10.2. The fraction of sp³-hybridized carbons (Fsp3) is 0. The largest absolute Gasteiger partial charge is 0.508 e. The van der Waals surface area contributed by atoms with Gasteiger partial charge in [0.2, 0.25) is 0 Å². The summed E-state index contributed by atoms with van der Waals surface area (Å²) in [5, 5.41) is 12.5. The number of aromatic hydroxyl groups is 1. The third-order valence-electron chi connectivity index (χ3n) is 2.37. The van der Waals surface area contributed by atoms with Gasteiger partial charge in [-0.3, -0.25) is 4.79 Å². The Kier molecular flexibility index (Phi) is 4.20. The minimum atomic E-state index is -0.338. The number of hydrogen-bond acceptors (Lipinski definition) is 2. The number of amides is 1. The topological polar surface area (TPSA) is 49.3 Å². The van der Waals surface area contributed by atoms with Gasteiger partial charge in [-0.1, -0.05) is 34.8 Å². The zero-order chi connectivity index (χ0) is 14.0. The van der Waals surface area contributed by atoms with Gasteiger partial charge in [-0.2, -0.15) is 0 Å². The minimum absolute atomic E-state index is 0.0918. The van der Waals surface area contributed by atoms with E-state index in [1.807, 2.05) is 0 Å². The normalized spacial score (nSPS) is 10.3. The van der Waals surface area contributed by atoms with E-state index in [0.29, 0.717) is 11.3 Å². The highest BCUT2D eigenvalue weighted by Gasteiger charge is 2.10. The molecule has 6 heteroatoms. The van der Waals surface area contributed by atoms with Crippen molar-refractivity contribution in [3.63, 3.8) is 0 Å². The summed E-state index contributed by atoms with van der Waals surface area (Å²) in [6, 6.07) is 8.88. The van der Waals surface area contributed by atoms with E-state index >= 15 is 0 Å². The third-order valence-corrected chi connectivity index (χ3v) is 3.57. The van der Waals surface area contributed by atoms with Crippen LogP contribution in [-0.2, 0) is 0 Å². The number of phenolic OH excluding ortho intramolecular Hbond substituents is 1. The number of benzene rings is 2. The van der Waals surface area contributed by atoms with Crippen LogP contribution in [0.4, 0.5) is 5.69 Å². The molecule has 0 saturated heterocycles. The highest BCUT2D eigenvalue weighted by Crippen LogP contribution is 2.33. The van der Waals surface area contributed by atoms with Crippen LogP contribution in [0.1, 0.15) is 10.4 Å². The maximum Gasteiger partial charge on any atom is 0.255 e. The van der Waals surface area contributed by atoms with Gasteiger partial charge in [-0.05, 0) is 36.4 Å². The van der Waals surface area contributed by atoms with Crippen molar-refractivity contribution in [3.05, 3.63) is 57.0 Å². The number of carbonyl (C=O) groups excluding carboxylic acids is 1. The minimum Gasteiger partial charge on any atom is -0.508 e. The summed E-state index contributed by atoms with van der Waals surface area (Å²) in [6.07, 6.45) is 0. The van der Waals surface area contributed by atoms with E-state index in [2.05, 4.69) is 5.32 Å². The van der Waals surface area contributed by atoms with Crippen molar-refractivity contribution in [2.45, 2.75) is 0 Å². The first-order valence-electron chi connectivity index (χ1n) is 5.22. The molecule has 0 aromatic heterocycles. The monoisotopic (exact) mass is 315 g/mol. The number of carbonyl (C=O) groups is 1. The molecule has 0 atom stereocenters. The molecule has 0 heterocycles. The number of phenols is 1. The van der Waals surface area contributed by atoms with E-state index in [-0.39, 0.29) is 26.7 Å². The van der Waals surface area contributed by atoms with Gasteiger partial charge < -0.3 is 10.4 Å². The van der Waals surface area contributed by atoms with Crippen LogP contribution in [0.25, 0.3) is 0 Å². The van der Waals surface area contributed by atoms with E-state index in [9.17, 15) is 4.79 Å². The van der Waals surface area contributed by atoms with Crippen molar-refractivity contribution in [3.8, 4) is 5.75 Å². The van der Waals surface area contributed by atoms with Crippen molar-refractivity contribution in [1.29, 1.82) is 0 Å². The van der Waals surface area contributed by atoms with E-state index in [4.69, 9.17) is 39.9 Å². The standard InChI is InChI=1S/C13H8Cl3NO2/c14-10-5-8(6-11(15)12(10)16)17-13(19)7-1-3-9(18)4-2-7/h1-6,18H,(H,17,19). The second kappa shape index (κ2) is 5.70. The van der Waals surface area contributed by atoms with Crippen LogP contribution in [0.2, 0.25) is 15.1 Å². The predicted octanol–water partition coefficient (Wildman–Crippen LogP) is 4.60. The van der Waals surface area contributed by atoms with Crippen molar-refractivity contribution in [2.75, 3.05) is 5.32 Å². The number of rotatable bonds is 2. The maximum absolute atomic E-state index is 11.9. The average molecular weight is 317 g/mol. The van der Waals surface area contributed by atoms with Gasteiger partial charge in [0.25, 0.3) is 5.91 Å². The zero-order valence-electron chi connectivity index (χ0n) is 9.45. The van der Waals surface area contributed by atoms with E-state index in [0.717, 1.165) is 0 Å². The van der Waals surface area contributed by atoms with Gasteiger partial charge in [0.05, 0.1) is 15.1 Å². The van der Waals surface area contributed by atoms with Crippen molar-refractivity contribution < 1.29 is 9.90 Å². The summed E-state index contributed by atoms with van der Waals surface area (Å²) in [4.78, 5) is 11.9. The second-order valence-corrected chi connectivity index (χ2v) is 4.95. The highest BCUT2D eigenvalue weighted by atomic mass is 35.5. The molecular weight excluding hydrogens is 309 g/mol. The molecule has 1 amide bonds. The van der Waals surface area contributed by atoms with Gasteiger partial charge in [0, 0.05) is 11.3 Å². The van der Waals surface area contributed by atoms with Crippen LogP contribution >= 0.6 is 34.8 Å². The Morgan fingerprint density at radius 3 is 2.05 bits per heavy atom. The quantitative estimate of drug-likeness (QED) is 0.795. The molecule has 2 aromatic rings. The molecule has 0 bridgehead atoms. The van der Waals surface area contributed by atoms with E-state index in [1.54, 1.807) is 0 Å². The molecule has 3 nitrogen and oxygen atoms in total. The fourth-order valence-corrected chi connectivity index (χ4v) is 2.04. The molecule has 0 unspecified atom stereocenters. The van der Waals surface area contributed by atoms with Gasteiger partial charge >= 0.3 is 0 Å². The van der Waals surface area contributed by atoms with Crippen LogP contribution in [0, 0.1) is 0 Å². The number of halogens is 3. The van der Waals surface area contributed by atoms with Gasteiger partial charge in [-0.15, -0.1) is 0 Å². The Bertz CT molecular complexity index is 603. The molecule has 0 radical (unpaired) electrons. The van der Waals surface area contributed by atoms with Crippen LogP contribution in [-0.4, -0.2) is 11.0 Å². The molecule has 2 aromatic carbocycles. The van der Waals surface area contributed by atoms with Crippen LogP contribution in [0.3, 0.4) is 0 Å². The Labute approximate surface area is 124 Å². The third kappa shape index (κ3) is 3.32. The summed E-state index contributed by atoms with van der Waals surface area (Å²) in [5.74, 6) is -0.247. The first-order valence-corrected chi connectivity index (χ1v) is 6.35. The van der Waals surface area contributed by atoms with Gasteiger partial charge in [0.15, 0.2) is 0 Å². The van der Waals surface area contributed by atoms with E-state index in [1.165, 1.54) is 36.4 Å². The molecule has 0 saturated carbocycles. The first kappa shape index (κ1) is 14.0. The maximum atomic E-state index is 11.9. The Balaban J connectivity index is 2.22. The molecule has 0 aliphatic heterocycles. The number of hydrogen-bond donors (Lipinski definition) is 2. The predicted molar refractivity (Wildman–Crippen MR) is 77.5 cm³/mol. The number of nitrogens with one attached hydrogen (secondary N) is 1. The SMILES string of the molecule is O=C(Nc1cc(Cl)c(Cl)c(Cl)c1)c1ccc(O)cc1. The first-order chi connectivity index (χ1) is 8.97. The lowest BCUT2D eigenvalue weighted by Crippen LogP contribution is -2.11. The molecule has 0 aliphatic rings. The second-order valence-electron chi connectivity index (χ2n) is 3.75. The molecule has 19 heavy (non-hydrogen) atoms. The molecule has 0 fully saturated rings. The number of anilines is 1. The lowest BCUT2D eigenvalue weighted by molar-refractivity contribution is 0.102. The molecule has 0 spiro atoms. The average Bonchev–Trinajstić information content (AvgIpc) is 2.36. The molecular formula is C13H8Cl3NO2. The van der Waals surface area contributed by atoms with E-state index < -0.39 is 0 Å². The summed E-state index contributed by atoms with van der Waals surface area (Å²) in [7, 11) is 0. The molecule has 2 N–H and O–H groups in total.